The SMILES string of the molecule is COc1ccc(NC(=O)CN(Cc2ccc(Cl)cc2Cl)S(=O)(=O)c2ccccc2)cc1Cl. The number of hydrogen-bond donors (Lipinski definition) is 1. The number of nitrogens with one attached hydrogen (secondary N) is 1. The average molecular weight is 514 g/mol. The highest BCUT2D eigenvalue weighted by atomic mass is 35.5. The number of nitrogens with zero attached hydrogens (tertiary/aromatic N) is 1. The van der Waals surface area contributed by atoms with E-state index in [0.717, 1.165) is 4.31 Å². The van der Waals surface area contributed by atoms with Crippen LogP contribution in [-0.4, -0.2) is 32.3 Å². The van der Waals surface area contributed by atoms with E-state index in [1.54, 1.807) is 42.5 Å². The quantitative estimate of drug-likeness (QED) is 0.432. The normalized spacial score (nSPS) is 11.4. The first kappa shape index (κ1) is 24.4. The molecule has 0 bridgehead atoms. The molecular weight excluding hydrogens is 495 g/mol. The Balaban J connectivity index is 1.88. The van der Waals surface area contributed by atoms with E-state index < -0.39 is 22.5 Å². The van der Waals surface area contributed by atoms with E-state index in [2.05, 4.69) is 5.32 Å². The summed E-state index contributed by atoms with van der Waals surface area (Å²) in [5.74, 6) is -0.0915. The third kappa shape index (κ3) is 5.94. The van der Waals surface area contributed by atoms with Crippen LogP contribution in [0.5, 0.6) is 5.75 Å². The van der Waals surface area contributed by atoms with E-state index in [9.17, 15) is 13.2 Å². The van der Waals surface area contributed by atoms with Gasteiger partial charge in [-0.1, -0.05) is 59.1 Å². The molecule has 0 atom stereocenters. The van der Waals surface area contributed by atoms with Crippen molar-refractivity contribution in [3.8, 4) is 5.75 Å². The van der Waals surface area contributed by atoms with Crippen molar-refractivity contribution in [3.63, 3.8) is 0 Å². The summed E-state index contributed by atoms with van der Waals surface area (Å²) in [4.78, 5) is 12.8. The lowest BCUT2D eigenvalue weighted by Gasteiger charge is -2.22. The fraction of sp³-hybridized carbons (Fsp3) is 0.136. The number of ether oxygens (including phenoxy) is 1. The van der Waals surface area contributed by atoms with Crippen molar-refractivity contribution >= 4 is 56.4 Å². The molecule has 1 amide bonds. The van der Waals surface area contributed by atoms with Gasteiger partial charge in [-0.05, 0) is 48.0 Å². The Hall–Kier alpha value is -2.29. The average Bonchev–Trinajstić information content (AvgIpc) is 2.75. The van der Waals surface area contributed by atoms with Crippen LogP contribution in [0.15, 0.2) is 71.6 Å². The van der Waals surface area contributed by atoms with Crippen LogP contribution < -0.4 is 10.1 Å². The summed E-state index contributed by atoms with van der Waals surface area (Å²) in [6, 6.07) is 17.3. The van der Waals surface area contributed by atoms with Crippen LogP contribution in [0.4, 0.5) is 5.69 Å². The van der Waals surface area contributed by atoms with Gasteiger partial charge < -0.3 is 10.1 Å². The Labute approximate surface area is 201 Å². The van der Waals surface area contributed by atoms with Crippen molar-refractivity contribution in [2.45, 2.75) is 11.4 Å². The van der Waals surface area contributed by atoms with E-state index in [1.165, 1.54) is 31.4 Å². The van der Waals surface area contributed by atoms with Crippen LogP contribution >= 0.6 is 34.8 Å². The van der Waals surface area contributed by atoms with Crippen LogP contribution in [0.1, 0.15) is 5.56 Å². The molecule has 168 valence electrons. The lowest BCUT2D eigenvalue weighted by molar-refractivity contribution is -0.116. The Morgan fingerprint density at radius 3 is 2.31 bits per heavy atom. The van der Waals surface area contributed by atoms with Gasteiger partial charge in [0.05, 0.1) is 23.6 Å². The van der Waals surface area contributed by atoms with Crippen LogP contribution in [-0.2, 0) is 21.4 Å². The number of anilines is 1. The van der Waals surface area contributed by atoms with Crippen molar-refractivity contribution in [3.05, 3.63) is 87.4 Å². The molecule has 3 aromatic rings. The third-order valence-electron chi connectivity index (χ3n) is 4.50. The molecule has 1 N–H and O–H groups in total. The van der Waals surface area contributed by atoms with Crippen molar-refractivity contribution in [1.29, 1.82) is 0 Å². The second kappa shape index (κ2) is 10.6. The Bertz CT molecular complexity index is 1220. The number of sulfonamides is 1. The summed E-state index contributed by atoms with van der Waals surface area (Å²) in [6.45, 7) is -0.566. The summed E-state index contributed by atoms with van der Waals surface area (Å²) in [5, 5.41) is 3.69. The molecule has 0 saturated carbocycles. The monoisotopic (exact) mass is 512 g/mol. The van der Waals surface area contributed by atoms with E-state index >= 15 is 0 Å². The first-order valence-corrected chi connectivity index (χ1v) is 11.9. The number of rotatable bonds is 8. The molecule has 0 spiro atoms. The predicted octanol–water partition coefficient (Wildman–Crippen LogP) is 5.49. The smallest absolute Gasteiger partial charge is 0.243 e. The molecule has 0 saturated heterocycles. The van der Waals surface area contributed by atoms with Gasteiger partial charge in [0.15, 0.2) is 0 Å². The minimum atomic E-state index is -4.00. The van der Waals surface area contributed by atoms with Crippen molar-refractivity contribution in [2.24, 2.45) is 0 Å². The largest absolute Gasteiger partial charge is 0.495 e. The first-order valence-electron chi connectivity index (χ1n) is 9.33. The van der Waals surface area contributed by atoms with Gasteiger partial charge in [0.1, 0.15) is 5.75 Å². The minimum Gasteiger partial charge on any atom is -0.495 e. The fourth-order valence-electron chi connectivity index (χ4n) is 2.91. The molecule has 3 aromatic carbocycles. The second-order valence-electron chi connectivity index (χ2n) is 6.72. The zero-order valence-corrected chi connectivity index (χ0v) is 20.0. The topological polar surface area (TPSA) is 75.7 Å². The van der Waals surface area contributed by atoms with Crippen LogP contribution in [0.3, 0.4) is 0 Å². The predicted molar refractivity (Wildman–Crippen MR) is 127 cm³/mol. The standard InChI is InChI=1S/C22H19Cl3N2O4S/c1-31-21-10-9-17(12-20(21)25)26-22(28)14-27(13-15-7-8-16(23)11-19(15)24)32(29,30)18-5-3-2-4-6-18/h2-12H,13-14H2,1H3,(H,26,28). The van der Waals surface area contributed by atoms with Crippen LogP contribution in [0.25, 0.3) is 0 Å². The number of carbonyl (C=O) groups excluding carboxylic acids is 1. The van der Waals surface area contributed by atoms with Crippen LogP contribution in [0, 0.1) is 0 Å². The number of halogens is 3. The molecule has 6 nitrogen and oxygen atoms in total. The van der Waals surface area contributed by atoms with E-state index in [1.807, 2.05) is 0 Å². The van der Waals surface area contributed by atoms with Gasteiger partial charge in [0.25, 0.3) is 0 Å². The molecule has 10 heteroatoms. The summed E-state index contributed by atoms with van der Waals surface area (Å²) in [6.07, 6.45) is 0. The number of carbonyl (C=O) groups is 1. The maximum Gasteiger partial charge on any atom is 0.243 e. The summed E-state index contributed by atoms with van der Waals surface area (Å²) >= 11 is 18.3. The van der Waals surface area contributed by atoms with Gasteiger partial charge in [-0.3, -0.25) is 4.79 Å². The molecule has 32 heavy (non-hydrogen) atoms. The fourth-order valence-corrected chi connectivity index (χ4v) is 5.03. The van der Waals surface area contributed by atoms with Gasteiger partial charge in [-0.2, -0.15) is 4.31 Å². The minimum absolute atomic E-state index is 0.0605. The number of benzene rings is 3. The molecule has 0 radical (unpaired) electrons. The van der Waals surface area contributed by atoms with Crippen LogP contribution in [0.2, 0.25) is 15.1 Å². The maximum atomic E-state index is 13.3. The molecule has 0 unspecified atom stereocenters. The first-order chi connectivity index (χ1) is 15.2. The van der Waals surface area contributed by atoms with E-state index in [4.69, 9.17) is 39.5 Å². The summed E-state index contributed by atoms with van der Waals surface area (Å²) in [7, 11) is -2.52. The zero-order valence-electron chi connectivity index (χ0n) is 16.9. The highest BCUT2D eigenvalue weighted by Gasteiger charge is 2.27. The van der Waals surface area contributed by atoms with Gasteiger partial charge in [0, 0.05) is 22.3 Å². The molecule has 0 heterocycles. The maximum absolute atomic E-state index is 13.3. The number of hydrogen-bond acceptors (Lipinski definition) is 4. The molecule has 0 aliphatic carbocycles. The lowest BCUT2D eigenvalue weighted by atomic mass is 10.2. The highest BCUT2D eigenvalue weighted by Crippen LogP contribution is 2.28. The lowest BCUT2D eigenvalue weighted by Crippen LogP contribution is -2.37. The Morgan fingerprint density at radius 2 is 1.69 bits per heavy atom. The molecule has 0 aliphatic rings. The Morgan fingerprint density at radius 1 is 0.969 bits per heavy atom. The van der Waals surface area contributed by atoms with Gasteiger partial charge >= 0.3 is 0 Å². The molecule has 3 rings (SSSR count). The van der Waals surface area contributed by atoms with Gasteiger partial charge in [-0.15, -0.1) is 0 Å². The highest BCUT2D eigenvalue weighted by molar-refractivity contribution is 7.89. The molecular formula is C22H19Cl3N2O4S. The second-order valence-corrected chi connectivity index (χ2v) is 9.91. The van der Waals surface area contributed by atoms with Gasteiger partial charge in [-0.25, -0.2) is 8.42 Å². The van der Waals surface area contributed by atoms with Gasteiger partial charge in [0.2, 0.25) is 15.9 Å². The van der Waals surface area contributed by atoms with Crippen molar-refractivity contribution < 1.29 is 17.9 Å². The van der Waals surface area contributed by atoms with E-state index in [0.29, 0.717) is 32.1 Å². The number of amides is 1. The summed E-state index contributed by atoms with van der Waals surface area (Å²) < 4.78 is 32.7. The Kier molecular flexibility index (Phi) is 8.03. The molecule has 0 aliphatic heterocycles. The zero-order chi connectivity index (χ0) is 23.3. The molecule has 0 aromatic heterocycles. The van der Waals surface area contributed by atoms with E-state index in [-0.39, 0.29) is 11.4 Å². The summed E-state index contributed by atoms with van der Waals surface area (Å²) in [5.41, 5.74) is 0.915. The number of methoxy groups -OCH3 is 1. The van der Waals surface area contributed by atoms with Crippen molar-refractivity contribution in [1.82, 2.24) is 4.31 Å². The molecule has 0 fully saturated rings. The third-order valence-corrected chi connectivity index (χ3v) is 7.19. The van der Waals surface area contributed by atoms with Crippen molar-refractivity contribution in [2.75, 3.05) is 19.0 Å².